The summed E-state index contributed by atoms with van der Waals surface area (Å²) in [5.41, 5.74) is 1.01. The van der Waals surface area contributed by atoms with Crippen molar-refractivity contribution in [1.29, 1.82) is 0 Å². The molecule has 6 nitrogen and oxygen atoms in total. The predicted octanol–water partition coefficient (Wildman–Crippen LogP) is 2.62. The van der Waals surface area contributed by atoms with E-state index in [0.29, 0.717) is 12.0 Å². The average molecular weight is 330 g/mol. The number of nitrogens with zero attached hydrogens (tertiary/aromatic N) is 6. The molecule has 2 aliphatic rings. The topological polar surface area (TPSA) is 58.0 Å². The Hall–Kier alpha value is -1.76. The fraction of sp³-hybridized carbons (Fsp3) is 0.625. The Balaban J connectivity index is 1.38. The van der Waals surface area contributed by atoms with Gasteiger partial charge in [-0.15, -0.1) is 0 Å². The van der Waals surface area contributed by atoms with Crippen molar-refractivity contribution < 1.29 is 0 Å². The van der Waals surface area contributed by atoms with Crippen molar-refractivity contribution >= 4 is 22.5 Å². The summed E-state index contributed by atoms with van der Waals surface area (Å²) in [6, 6.07) is 2.58. The molecular formula is C16H22N6S. The Morgan fingerprint density at radius 1 is 1.17 bits per heavy atom. The molecule has 0 N–H and O–H groups in total. The molecule has 0 atom stereocenters. The lowest BCUT2D eigenvalue weighted by molar-refractivity contribution is 0.479. The third-order valence-electron chi connectivity index (χ3n) is 4.81. The fourth-order valence-corrected chi connectivity index (χ4v) is 3.92. The minimum absolute atomic E-state index is 0.524. The highest BCUT2D eigenvalue weighted by molar-refractivity contribution is 7.09. The van der Waals surface area contributed by atoms with Crippen LogP contribution in [-0.2, 0) is 0 Å². The minimum atomic E-state index is 0.524. The van der Waals surface area contributed by atoms with E-state index in [9.17, 15) is 0 Å². The van der Waals surface area contributed by atoms with Crippen LogP contribution in [0, 0.1) is 6.92 Å². The summed E-state index contributed by atoms with van der Waals surface area (Å²) in [5, 5.41) is 1.10. The molecule has 4 rings (SSSR count). The molecule has 0 aromatic carbocycles. The number of anilines is 2. The first-order chi connectivity index (χ1) is 11.2. The van der Waals surface area contributed by atoms with E-state index >= 15 is 0 Å². The number of piperidine rings is 1. The highest BCUT2D eigenvalue weighted by atomic mass is 32.1. The molecule has 1 saturated carbocycles. The van der Waals surface area contributed by atoms with E-state index in [1.807, 2.05) is 6.92 Å². The molecule has 2 aromatic rings. The van der Waals surface area contributed by atoms with Gasteiger partial charge in [0.1, 0.15) is 18.0 Å². The van der Waals surface area contributed by atoms with E-state index in [2.05, 4.69) is 37.3 Å². The van der Waals surface area contributed by atoms with Gasteiger partial charge < -0.3 is 9.80 Å². The Kier molecular flexibility index (Phi) is 3.88. The Bertz CT molecular complexity index is 675. The number of rotatable bonds is 4. The SMILES string of the molecule is Cc1cc(N(C)C2CCN(c3nc(C4CC4)ns3)CC2)ncn1. The molecule has 122 valence electrons. The molecule has 1 aliphatic carbocycles. The molecule has 0 radical (unpaired) electrons. The van der Waals surface area contributed by atoms with Crippen molar-refractivity contribution in [3.8, 4) is 0 Å². The van der Waals surface area contributed by atoms with E-state index in [0.717, 1.165) is 48.4 Å². The Morgan fingerprint density at radius 3 is 2.65 bits per heavy atom. The van der Waals surface area contributed by atoms with Crippen LogP contribution in [0.4, 0.5) is 10.9 Å². The summed E-state index contributed by atoms with van der Waals surface area (Å²) >= 11 is 1.56. The van der Waals surface area contributed by atoms with Crippen molar-refractivity contribution in [1.82, 2.24) is 19.3 Å². The zero-order chi connectivity index (χ0) is 15.8. The monoisotopic (exact) mass is 330 g/mol. The van der Waals surface area contributed by atoms with Gasteiger partial charge in [-0.05, 0) is 32.6 Å². The van der Waals surface area contributed by atoms with E-state index < -0.39 is 0 Å². The number of hydrogen-bond acceptors (Lipinski definition) is 7. The largest absolute Gasteiger partial charge is 0.356 e. The van der Waals surface area contributed by atoms with Crippen LogP contribution in [-0.4, -0.2) is 45.5 Å². The van der Waals surface area contributed by atoms with Gasteiger partial charge in [-0.1, -0.05) is 0 Å². The first-order valence-corrected chi connectivity index (χ1v) is 9.08. The normalized spacial score (nSPS) is 19.1. The molecule has 1 saturated heterocycles. The molecule has 0 amide bonds. The zero-order valence-electron chi connectivity index (χ0n) is 13.6. The van der Waals surface area contributed by atoms with Gasteiger partial charge in [-0.3, -0.25) is 0 Å². The van der Waals surface area contributed by atoms with Crippen LogP contribution in [0.15, 0.2) is 12.4 Å². The summed E-state index contributed by atoms with van der Waals surface area (Å²) in [4.78, 5) is 18.0. The lowest BCUT2D eigenvalue weighted by Crippen LogP contribution is -2.43. The molecule has 2 aromatic heterocycles. The number of hydrogen-bond donors (Lipinski definition) is 0. The molecule has 0 spiro atoms. The Labute approximate surface area is 140 Å². The smallest absolute Gasteiger partial charge is 0.205 e. The first kappa shape index (κ1) is 14.8. The van der Waals surface area contributed by atoms with Crippen LogP contribution in [0.25, 0.3) is 0 Å². The van der Waals surface area contributed by atoms with Crippen LogP contribution in [0.3, 0.4) is 0 Å². The van der Waals surface area contributed by atoms with Gasteiger partial charge in [0.05, 0.1) is 0 Å². The van der Waals surface area contributed by atoms with Gasteiger partial charge in [0.25, 0.3) is 0 Å². The van der Waals surface area contributed by atoms with Crippen molar-refractivity contribution in [3.63, 3.8) is 0 Å². The molecule has 3 heterocycles. The second-order valence-corrected chi connectivity index (χ2v) is 7.29. The summed E-state index contributed by atoms with van der Waals surface area (Å²) in [6.07, 6.45) is 6.43. The maximum absolute atomic E-state index is 4.73. The standard InChI is InChI=1S/C16H22N6S/c1-11-9-14(18-10-17-11)21(2)13-5-7-22(8-6-13)16-19-15(20-23-16)12-3-4-12/h9-10,12-13H,3-8H2,1-2H3. The zero-order valence-corrected chi connectivity index (χ0v) is 14.5. The molecule has 2 fully saturated rings. The molecule has 23 heavy (non-hydrogen) atoms. The highest BCUT2D eigenvalue weighted by Gasteiger charge is 2.30. The van der Waals surface area contributed by atoms with Crippen LogP contribution in [0.1, 0.15) is 43.1 Å². The minimum Gasteiger partial charge on any atom is -0.356 e. The van der Waals surface area contributed by atoms with Gasteiger partial charge >= 0.3 is 0 Å². The molecule has 0 unspecified atom stereocenters. The van der Waals surface area contributed by atoms with Gasteiger partial charge in [0, 0.05) is 55.4 Å². The molecular weight excluding hydrogens is 308 g/mol. The van der Waals surface area contributed by atoms with E-state index in [1.54, 1.807) is 17.9 Å². The van der Waals surface area contributed by atoms with Gasteiger partial charge in [-0.25, -0.2) is 15.0 Å². The highest BCUT2D eigenvalue weighted by Crippen LogP contribution is 2.40. The van der Waals surface area contributed by atoms with Crippen molar-refractivity contribution in [2.75, 3.05) is 29.9 Å². The summed E-state index contributed by atoms with van der Waals surface area (Å²) in [7, 11) is 2.14. The van der Waals surface area contributed by atoms with Crippen LogP contribution < -0.4 is 9.80 Å². The summed E-state index contributed by atoms with van der Waals surface area (Å²) in [5.74, 6) is 2.73. The quantitative estimate of drug-likeness (QED) is 0.859. The maximum Gasteiger partial charge on any atom is 0.205 e. The van der Waals surface area contributed by atoms with Crippen LogP contribution >= 0.6 is 11.5 Å². The fourth-order valence-electron chi connectivity index (χ4n) is 3.13. The van der Waals surface area contributed by atoms with Crippen molar-refractivity contribution in [2.24, 2.45) is 0 Å². The van der Waals surface area contributed by atoms with Crippen molar-refractivity contribution in [3.05, 3.63) is 23.9 Å². The van der Waals surface area contributed by atoms with E-state index in [4.69, 9.17) is 4.98 Å². The average Bonchev–Trinajstić information content (AvgIpc) is 3.32. The summed E-state index contributed by atoms with van der Waals surface area (Å²) in [6.45, 7) is 4.09. The van der Waals surface area contributed by atoms with E-state index in [-0.39, 0.29) is 0 Å². The predicted molar refractivity (Wildman–Crippen MR) is 92.3 cm³/mol. The number of aryl methyl sites for hydroxylation is 1. The third kappa shape index (κ3) is 3.15. The first-order valence-electron chi connectivity index (χ1n) is 8.31. The lowest BCUT2D eigenvalue weighted by Gasteiger charge is -2.37. The van der Waals surface area contributed by atoms with E-state index in [1.165, 1.54) is 12.8 Å². The van der Waals surface area contributed by atoms with Gasteiger partial charge in [0.2, 0.25) is 5.13 Å². The summed E-state index contributed by atoms with van der Waals surface area (Å²) < 4.78 is 4.53. The van der Waals surface area contributed by atoms with Crippen molar-refractivity contribution in [2.45, 2.75) is 44.6 Å². The molecule has 0 bridgehead atoms. The third-order valence-corrected chi connectivity index (χ3v) is 5.60. The molecule has 7 heteroatoms. The lowest BCUT2D eigenvalue weighted by atomic mass is 10.0. The second kappa shape index (κ2) is 6.03. The second-order valence-electron chi connectivity index (χ2n) is 6.56. The molecule has 1 aliphatic heterocycles. The van der Waals surface area contributed by atoms with Gasteiger partial charge in [0.15, 0.2) is 0 Å². The maximum atomic E-state index is 4.73. The Morgan fingerprint density at radius 2 is 1.96 bits per heavy atom. The van der Waals surface area contributed by atoms with Crippen LogP contribution in [0.5, 0.6) is 0 Å². The van der Waals surface area contributed by atoms with Crippen LogP contribution in [0.2, 0.25) is 0 Å². The number of aromatic nitrogens is 4. The van der Waals surface area contributed by atoms with Gasteiger partial charge in [-0.2, -0.15) is 4.37 Å².